The molecule has 2 heteroatoms. The van der Waals surface area contributed by atoms with E-state index in [4.69, 9.17) is 0 Å². The van der Waals surface area contributed by atoms with Gasteiger partial charge in [0.2, 0.25) is 0 Å². The Labute approximate surface area is 97.7 Å². The summed E-state index contributed by atoms with van der Waals surface area (Å²) in [5.41, 5.74) is 2.76. The van der Waals surface area contributed by atoms with Crippen LogP contribution in [-0.2, 0) is 6.42 Å². The van der Waals surface area contributed by atoms with Gasteiger partial charge < -0.3 is 10.4 Å². The minimum absolute atomic E-state index is 0.309. The molecule has 0 bridgehead atoms. The zero-order valence-corrected chi connectivity index (χ0v) is 9.95. The first-order valence-corrected chi connectivity index (χ1v) is 6.20. The van der Waals surface area contributed by atoms with Crippen LogP contribution in [0.4, 0.5) is 0 Å². The lowest BCUT2D eigenvalue weighted by atomic mass is 9.86. The molecule has 0 aliphatic carbocycles. The van der Waals surface area contributed by atoms with Crippen LogP contribution in [0.2, 0.25) is 0 Å². The summed E-state index contributed by atoms with van der Waals surface area (Å²) in [6.45, 7) is 3.56. The van der Waals surface area contributed by atoms with E-state index < -0.39 is 0 Å². The standard InChI is InChI=1S/C14H21NO/c1-11-5-2-3-6-12(11)9-14-13(10-16)7-4-8-15-14/h2-3,5-6,13-16H,4,7-10H2,1H3. The van der Waals surface area contributed by atoms with Crippen molar-refractivity contribution in [3.63, 3.8) is 0 Å². The highest BCUT2D eigenvalue weighted by atomic mass is 16.3. The van der Waals surface area contributed by atoms with Crippen LogP contribution < -0.4 is 5.32 Å². The van der Waals surface area contributed by atoms with Gasteiger partial charge in [0.25, 0.3) is 0 Å². The Kier molecular flexibility index (Phi) is 3.97. The summed E-state index contributed by atoms with van der Waals surface area (Å²) in [7, 11) is 0. The van der Waals surface area contributed by atoms with Gasteiger partial charge in [0.1, 0.15) is 0 Å². The number of rotatable bonds is 3. The van der Waals surface area contributed by atoms with Crippen molar-refractivity contribution in [2.75, 3.05) is 13.2 Å². The molecule has 2 unspecified atom stereocenters. The third-order valence-electron chi connectivity index (χ3n) is 3.66. The van der Waals surface area contributed by atoms with Gasteiger partial charge in [0, 0.05) is 12.6 Å². The third-order valence-corrected chi connectivity index (χ3v) is 3.66. The van der Waals surface area contributed by atoms with E-state index in [-0.39, 0.29) is 0 Å². The van der Waals surface area contributed by atoms with Gasteiger partial charge in [-0.2, -0.15) is 0 Å². The maximum absolute atomic E-state index is 9.37. The normalized spacial score (nSPS) is 25.6. The molecule has 0 radical (unpaired) electrons. The average Bonchev–Trinajstić information content (AvgIpc) is 2.33. The van der Waals surface area contributed by atoms with Crippen molar-refractivity contribution in [3.05, 3.63) is 35.4 Å². The lowest BCUT2D eigenvalue weighted by Gasteiger charge is -2.31. The Bertz CT molecular complexity index is 337. The predicted molar refractivity (Wildman–Crippen MR) is 66.5 cm³/mol. The van der Waals surface area contributed by atoms with E-state index in [0.717, 1.165) is 19.4 Å². The first-order valence-electron chi connectivity index (χ1n) is 6.20. The molecule has 1 aliphatic rings. The summed E-state index contributed by atoms with van der Waals surface area (Å²) in [5, 5.41) is 12.9. The number of nitrogens with one attached hydrogen (secondary N) is 1. The largest absolute Gasteiger partial charge is 0.396 e. The lowest BCUT2D eigenvalue weighted by Crippen LogP contribution is -2.44. The van der Waals surface area contributed by atoms with Crippen LogP contribution >= 0.6 is 0 Å². The van der Waals surface area contributed by atoms with Gasteiger partial charge in [-0.3, -0.25) is 0 Å². The average molecular weight is 219 g/mol. The second-order valence-corrected chi connectivity index (χ2v) is 4.78. The molecule has 1 aromatic rings. The highest BCUT2D eigenvalue weighted by Gasteiger charge is 2.24. The molecule has 1 heterocycles. The third kappa shape index (κ3) is 2.63. The fourth-order valence-electron chi connectivity index (χ4n) is 2.55. The summed E-state index contributed by atoms with van der Waals surface area (Å²) in [6, 6.07) is 8.97. The Morgan fingerprint density at radius 2 is 2.19 bits per heavy atom. The molecule has 2 nitrogen and oxygen atoms in total. The molecule has 16 heavy (non-hydrogen) atoms. The van der Waals surface area contributed by atoms with Crippen LogP contribution in [0.15, 0.2) is 24.3 Å². The van der Waals surface area contributed by atoms with Crippen LogP contribution in [0.1, 0.15) is 24.0 Å². The van der Waals surface area contributed by atoms with Crippen LogP contribution in [0, 0.1) is 12.8 Å². The van der Waals surface area contributed by atoms with Crippen LogP contribution in [0.25, 0.3) is 0 Å². The molecule has 2 N–H and O–H groups in total. The molecule has 0 saturated carbocycles. The minimum Gasteiger partial charge on any atom is -0.396 e. The summed E-state index contributed by atoms with van der Waals surface area (Å²) >= 11 is 0. The number of piperidine rings is 1. The molecule has 2 atom stereocenters. The predicted octanol–water partition coefficient (Wildman–Crippen LogP) is 1.90. The Morgan fingerprint density at radius 1 is 1.38 bits per heavy atom. The molecule has 2 rings (SSSR count). The molecule has 0 amide bonds. The number of benzene rings is 1. The maximum Gasteiger partial charge on any atom is 0.0474 e. The van der Waals surface area contributed by atoms with Gasteiger partial charge in [-0.1, -0.05) is 24.3 Å². The van der Waals surface area contributed by atoms with E-state index in [1.807, 2.05) is 0 Å². The summed E-state index contributed by atoms with van der Waals surface area (Å²) in [6.07, 6.45) is 3.38. The zero-order valence-electron chi connectivity index (χ0n) is 9.95. The molecule has 1 fully saturated rings. The lowest BCUT2D eigenvalue weighted by molar-refractivity contribution is 0.159. The number of aliphatic hydroxyl groups excluding tert-OH is 1. The van der Waals surface area contributed by atoms with Crippen molar-refractivity contribution in [2.45, 2.75) is 32.2 Å². The Hall–Kier alpha value is -0.860. The van der Waals surface area contributed by atoms with Crippen molar-refractivity contribution < 1.29 is 5.11 Å². The molecular weight excluding hydrogens is 198 g/mol. The fraction of sp³-hybridized carbons (Fsp3) is 0.571. The summed E-state index contributed by atoms with van der Waals surface area (Å²) < 4.78 is 0. The molecule has 1 aromatic carbocycles. The molecule has 1 saturated heterocycles. The first kappa shape index (κ1) is 11.6. The number of aryl methyl sites for hydroxylation is 1. The SMILES string of the molecule is Cc1ccccc1CC1NCCCC1CO. The second kappa shape index (κ2) is 5.46. The minimum atomic E-state index is 0.309. The molecule has 1 aliphatic heterocycles. The van der Waals surface area contributed by atoms with Gasteiger partial charge in [0.05, 0.1) is 0 Å². The van der Waals surface area contributed by atoms with Crippen LogP contribution in [-0.4, -0.2) is 24.3 Å². The number of hydrogen-bond acceptors (Lipinski definition) is 2. The Morgan fingerprint density at radius 3 is 2.94 bits per heavy atom. The van der Waals surface area contributed by atoms with Gasteiger partial charge in [0.15, 0.2) is 0 Å². The molecule has 0 aromatic heterocycles. The smallest absolute Gasteiger partial charge is 0.0474 e. The van der Waals surface area contributed by atoms with E-state index in [1.54, 1.807) is 0 Å². The molecule has 0 spiro atoms. The van der Waals surface area contributed by atoms with Crippen molar-refractivity contribution in [2.24, 2.45) is 5.92 Å². The van der Waals surface area contributed by atoms with Crippen LogP contribution in [0.5, 0.6) is 0 Å². The van der Waals surface area contributed by atoms with Crippen LogP contribution in [0.3, 0.4) is 0 Å². The topological polar surface area (TPSA) is 32.3 Å². The fourth-order valence-corrected chi connectivity index (χ4v) is 2.55. The van der Waals surface area contributed by atoms with E-state index in [9.17, 15) is 5.11 Å². The van der Waals surface area contributed by atoms with E-state index in [2.05, 4.69) is 36.5 Å². The number of hydrogen-bond donors (Lipinski definition) is 2. The van der Waals surface area contributed by atoms with E-state index in [0.29, 0.717) is 18.6 Å². The first-order chi connectivity index (χ1) is 7.81. The molecular formula is C14H21NO. The quantitative estimate of drug-likeness (QED) is 0.814. The monoisotopic (exact) mass is 219 g/mol. The second-order valence-electron chi connectivity index (χ2n) is 4.78. The van der Waals surface area contributed by atoms with Crippen molar-refractivity contribution in [1.82, 2.24) is 5.32 Å². The van der Waals surface area contributed by atoms with Crippen molar-refractivity contribution in [3.8, 4) is 0 Å². The Balaban J connectivity index is 2.05. The van der Waals surface area contributed by atoms with E-state index >= 15 is 0 Å². The van der Waals surface area contributed by atoms with E-state index in [1.165, 1.54) is 17.5 Å². The van der Waals surface area contributed by atoms with Gasteiger partial charge >= 0.3 is 0 Å². The number of aliphatic hydroxyl groups is 1. The van der Waals surface area contributed by atoms with Gasteiger partial charge in [-0.15, -0.1) is 0 Å². The maximum atomic E-state index is 9.37. The van der Waals surface area contributed by atoms with Crippen molar-refractivity contribution in [1.29, 1.82) is 0 Å². The summed E-state index contributed by atoms with van der Waals surface area (Å²) in [4.78, 5) is 0. The van der Waals surface area contributed by atoms with Gasteiger partial charge in [-0.25, -0.2) is 0 Å². The van der Waals surface area contributed by atoms with Crippen molar-refractivity contribution >= 4 is 0 Å². The molecule has 88 valence electrons. The van der Waals surface area contributed by atoms with Gasteiger partial charge in [-0.05, 0) is 49.8 Å². The highest BCUT2D eigenvalue weighted by Crippen LogP contribution is 2.20. The highest BCUT2D eigenvalue weighted by molar-refractivity contribution is 5.26. The summed E-state index contributed by atoms with van der Waals surface area (Å²) in [5.74, 6) is 0.424. The zero-order chi connectivity index (χ0) is 11.4.